The molecule has 0 atom stereocenters. The zero-order chi connectivity index (χ0) is 17.2. The summed E-state index contributed by atoms with van der Waals surface area (Å²) in [5, 5.41) is 0. The lowest BCUT2D eigenvalue weighted by atomic mass is 10.2. The zero-order valence-electron chi connectivity index (χ0n) is 13.2. The Hall–Kier alpha value is -1.57. The smallest absolute Gasteiger partial charge is 0.244 e. The number of hydrogen-bond acceptors (Lipinski definition) is 4. The van der Waals surface area contributed by atoms with E-state index in [-0.39, 0.29) is 11.4 Å². The van der Waals surface area contributed by atoms with Crippen molar-refractivity contribution in [2.45, 2.75) is 18.4 Å². The minimum absolute atomic E-state index is 0.268. The highest BCUT2D eigenvalue weighted by Gasteiger charge is 2.25. The first-order valence-corrected chi connectivity index (χ1v) is 9.89. The van der Waals surface area contributed by atoms with Crippen LogP contribution in [0.4, 0.5) is 0 Å². The van der Waals surface area contributed by atoms with Crippen LogP contribution in [0.15, 0.2) is 51.8 Å². The molecule has 3 rings (SSSR count). The van der Waals surface area contributed by atoms with Gasteiger partial charge in [0, 0.05) is 17.6 Å². The molecule has 0 amide bonds. The minimum Gasteiger partial charge on any atom is -0.486 e. The van der Waals surface area contributed by atoms with Gasteiger partial charge in [-0.2, -0.15) is 4.31 Å². The molecule has 1 aliphatic rings. The van der Waals surface area contributed by atoms with Crippen LogP contribution in [0.3, 0.4) is 0 Å². The van der Waals surface area contributed by atoms with Crippen LogP contribution in [-0.2, 0) is 16.6 Å². The molecule has 5 nitrogen and oxygen atoms in total. The van der Waals surface area contributed by atoms with Gasteiger partial charge in [-0.25, -0.2) is 8.42 Å². The van der Waals surface area contributed by atoms with Crippen LogP contribution in [0, 0.1) is 0 Å². The van der Waals surface area contributed by atoms with Gasteiger partial charge in [-0.1, -0.05) is 25.1 Å². The molecule has 2 aromatic rings. The summed E-state index contributed by atoms with van der Waals surface area (Å²) in [5.74, 6) is 1.36. The van der Waals surface area contributed by atoms with Gasteiger partial charge in [0.25, 0.3) is 0 Å². The molecule has 0 saturated heterocycles. The maximum atomic E-state index is 12.9. The number of nitrogens with zero attached hydrogens (tertiary/aromatic N) is 1. The van der Waals surface area contributed by atoms with Crippen molar-refractivity contribution >= 4 is 26.0 Å². The number of fused-ring (bicyclic) bond motifs is 1. The molecule has 0 aliphatic carbocycles. The first-order chi connectivity index (χ1) is 11.5. The first kappa shape index (κ1) is 17.3. The second kappa shape index (κ2) is 7.13. The Morgan fingerprint density at radius 3 is 2.50 bits per heavy atom. The third-order valence-electron chi connectivity index (χ3n) is 3.77. The summed E-state index contributed by atoms with van der Waals surface area (Å²) in [7, 11) is -3.59. The van der Waals surface area contributed by atoms with Crippen molar-refractivity contribution in [2.24, 2.45) is 0 Å². The highest BCUT2D eigenvalue weighted by Crippen LogP contribution is 2.32. The highest BCUT2D eigenvalue weighted by molar-refractivity contribution is 9.10. The molecule has 7 heteroatoms. The zero-order valence-corrected chi connectivity index (χ0v) is 15.6. The number of benzene rings is 2. The summed E-state index contributed by atoms with van der Waals surface area (Å²) >= 11 is 3.32. The molecule has 0 radical (unpaired) electrons. The summed E-state index contributed by atoms with van der Waals surface area (Å²) in [5.41, 5.74) is 0.858. The van der Waals surface area contributed by atoms with Crippen molar-refractivity contribution in [1.82, 2.24) is 4.31 Å². The monoisotopic (exact) mass is 411 g/mol. The molecule has 128 valence electrons. The van der Waals surface area contributed by atoms with E-state index in [2.05, 4.69) is 15.9 Å². The molecular formula is C17H18BrNO4S. The summed E-state index contributed by atoms with van der Waals surface area (Å²) in [6.07, 6.45) is 0. The fraction of sp³-hybridized carbons (Fsp3) is 0.294. The van der Waals surface area contributed by atoms with Crippen molar-refractivity contribution in [3.63, 3.8) is 0 Å². The molecule has 0 N–H and O–H groups in total. The van der Waals surface area contributed by atoms with Gasteiger partial charge >= 0.3 is 0 Å². The van der Waals surface area contributed by atoms with E-state index in [1.165, 1.54) is 4.31 Å². The van der Waals surface area contributed by atoms with Gasteiger partial charge in [-0.15, -0.1) is 0 Å². The third-order valence-corrected chi connectivity index (χ3v) is 6.71. The Kier molecular flexibility index (Phi) is 5.12. The van der Waals surface area contributed by atoms with Gasteiger partial charge in [-0.05, 0) is 45.8 Å². The van der Waals surface area contributed by atoms with Gasteiger partial charge in [0.15, 0.2) is 11.5 Å². The normalized spacial score (nSPS) is 14.0. The topological polar surface area (TPSA) is 55.8 Å². The van der Waals surface area contributed by atoms with E-state index in [1.54, 1.807) is 24.3 Å². The van der Waals surface area contributed by atoms with Crippen molar-refractivity contribution in [3.8, 4) is 11.5 Å². The predicted molar refractivity (Wildman–Crippen MR) is 94.8 cm³/mol. The Balaban J connectivity index is 1.88. The van der Waals surface area contributed by atoms with Crippen molar-refractivity contribution in [3.05, 3.63) is 52.5 Å². The van der Waals surface area contributed by atoms with Crippen molar-refractivity contribution < 1.29 is 17.9 Å². The van der Waals surface area contributed by atoms with Crippen LogP contribution in [0.2, 0.25) is 0 Å². The maximum Gasteiger partial charge on any atom is 0.244 e. The van der Waals surface area contributed by atoms with Crippen LogP contribution in [0.25, 0.3) is 0 Å². The lowest BCUT2D eigenvalue weighted by molar-refractivity contribution is 0.171. The molecule has 0 saturated carbocycles. The van der Waals surface area contributed by atoms with Gasteiger partial charge in [-0.3, -0.25) is 0 Å². The van der Waals surface area contributed by atoms with E-state index >= 15 is 0 Å². The molecule has 0 spiro atoms. The van der Waals surface area contributed by atoms with Crippen LogP contribution < -0.4 is 9.47 Å². The van der Waals surface area contributed by atoms with Crippen LogP contribution in [-0.4, -0.2) is 32.5 Å². The number of sulfonamides is 1. The van der Waals surface area contributed by atoms with E-state index < -0.39 is 10.0 Å². The third kappa shape index (κ3) is 3.43. The highest BCUT2D eigenvalue weighted by atomic mass is 79.9. The lowest BCUT2D eigenvalue weighted by Gasteiger charge is -2.23. The molecule has 24 heavy (non-hydrogen) atoms. The predicted octanol–water partition coefficient (Wildman–Crippen LogP) is 3.43. The molecule has 0 aromatic heterocycles. The standard InChI is InChI=1S/C17H18BrNO4S/c1-2-19(24(20,21)17-6-4-3-5-14(17)18)12-13-7-8-15-16(11-13)23-10-9-22-15/h3-8,11H,2,9-10,12H2,1H3. The molecule has 0 fully saturated rings. The van der Waals surface area contributed by atoms with Gasteiger partial charge in [0.1, 0.15) is 13.2 Å². The summed E-state index contributed by atoms with van der Waals surface area (Å²) in [4.78, 5) is 0.268. The summed E-state index contributed by atoms with van der Waals surface area (Å²) < 4.78 is 38.9. The number of ether oxygens (including phenoxy) is 2. The maximum absolute atomic E-state index is 12.9. The molecule has 1 heterocycles. The Labute approximate surface area is 150 Å². The molecule has 0 unspecified atom stereocenters. The number of rotatable bonds is 5. The van der Waals surface area contributed by atoms with Crippen LogP contribution in [0.1, 0.15) is 12.5 Å². The average molecular weight is 412 g/mol. The first-order valence-electron chi connectivity index (χ1n) is 7.65. The Bertz CT molecular complexity index is 838. The van der Waals surface area contributed by atoms with Crippen LogP contribution >= 0.6 is 15.9 Å². The van der Waals surface area contributed by atoms with Gasteiger partial charge in [0.05, 0.1) is 4.90 Å². The van der Waals surface area contributed by atoms with E-state index in [0.29, 0.717) is 35.7 Å². The Morgan fingerprint density at radius 2 is 1.79 bits per heavy atom. The molecular weight excluding hydrogens is 394 g/mol. The van der Waals surface area contributed by atoms with Gasteiger partial charge < -0.3 is 9.47 Å². The van der Waals surface area contributed by atoms with E-state index in [9.17, 15) is 8.42 Å². The second-order valence-electron chi connectivity index (χ2n) is 5.34. The minimum atomic E-state index is -3.59. The number of hydrogen-bond donors (Lipinski definition) is 0. The van der Waals surface area contributed by atoms with E-state index in [0.717, 1.165) is 5.56 Å². The quantitative estimate of drug-likeness (QED) is 0.755. The van der Waals surface area contributed by atoms with Crippen molar-refractivity contribution in [2.75, 3.05) is 19.8 Å². The van der Waals surface area contributed by atoms with Crippen molar-refractivity contribution in [1.29, 1.82) is 0 Å². The van der Waals surface area contributed by atoms with Crippen LogP contribution in [0.5, 0.6) is 11.5 Å². The summed E-state index contributed by atoms with van der Waals surface area (Å²) in [6.45, 7) is 3.51. The number of halogens is 1. The summed E-state index contributed by atoms with van der Waals surface area (Å²) in [6, 6.07) is 12.4. The van der Waals surface area contributed by atoms with Gasteiger partial charge in [0.2, 0.25) is 10.0 Å². The van der Waals surface area contributed by atoms with E-state index in [1.807, 2.05) is 25.1 Å². The van der Waals surface area contributed by atoms with E-state index in [4.69, 9.17) is 9.47 Å². The Morgan fingerprint density at radius 1 is 1.08 bits per heavy atom. The molecule has 2 aromatic carbocycles. The SMILES string of the molecule is CCN(Cc1ccc2c(c1)OCCO2)S(=O)(=O)c1ccccc1Br. The average Bonchev–Trinajstić information content (AvgIpc) is 2.59. The molecule has 1 aliphatic heterocycles. The largest absolute Gasteiger partial charge is 0.486 e. The lowest BCUT2D eigenvalue weighted by Crippen LogP contribution is -2.30. The fourth-order valence-electron chi connectivity index (χ4n) is 2.55. The second-order valence-corrected chi connectivity index (χ2v) is 8.10. The molecule has 0 bridgehead atoms. The fourth-order valence-corrected chi connectivity index (χ4v) is 4.95.